The molecule has 0 radical (unpaired) electrons. The minimum Gasteiger partial charge on any atom is -0.486 e. The molecule has 0 amide bonds. The quantitative estimate of drug-likeness (QED) is 0.916. The second-order valence-electron chi connectivity index (χ2n) is 4.09. The van der Waals surface area contributed by atoms with Gasteiger partial charge in [-0.05, 0) is 35.9 Å². The molecule has 0 saturated heterocycles. The third-order valence-electron chi connectivity index (χ3n) is 2.57. The first-order valence-corrected chi connectivity index (χ1v) is 7.25. The maximum atomic E-state index is 13.7. The fraction of sp³-hybridized carbons (Fsp3) is 0.0769. The molecule has 0 aliphatic rings. The molecule has 0 bridgehead atoms. The van der Waals surface area contributed by atoms with E-state index in [4.69, 9.17) is 15.1 Å². The summed E-state index contributed by atoms with van der Waals surface area (Å²) >= 11 is 0. The van der Waals surface area contributed by atoms with Gasteiger partial charge >= 0.3 is 0 Å². The van der Waals surface area contributed by atoms with Gasteiger partial charge in [0.25, 0.3) is 0 Å². The Labute approximate surface area is 120 Å². The number of primary sulfonamides is 1. The minimum atomic E-state index is -3.96. The van der Waals surface area contributed by atoms with Gasteiger partial charge in [-0.3, -0.25) is 0 Å². The average Bonchev–Trinajstić information content (AvgIpc) is 2.45. The summed E-state index contributed by atoms with van der Waals surface area (Å²) in [5.74, 6) is -0.950. The average molecular weight is 307 g/mol. The molecular weight excluding hydrogens is 297 g/mol. The number of rotatable bonds is 4. The van der Waals surface area contributed by atoms with Crippen LogP contribution in [-0.4, -0.2) is 13.4 Å². The number of halogens is 1. The largest absolute Gasteiger partial charge is 0.486 e. The van der Waals surface area contributed by atoms with E-state index in [1.54, 1.807) is 6.07 Å². The van der Waals surface area contributed by atoms with Crippen molar-refractivity contribution >= 4 is 10.0 Å². The van der Waals surface area contributed by atoms with E-state index >= 15 is 0 Å². The van der Waals surface area contributed by atoms with Crippen LogP contribution in [0.15, 0.2) is 41.4 Å². The molecule has 2 aromatic rings. The summed E-state index contributed by atoms with van der Waals surface area (Å²) in [5, 5.41) is 13.6. The number of hydrogen-bond donors (Lipinski definition) is 1. The number of nitriles is 1. The highest BCUT2D eigenvalue weighted by atomic mass is 32.2. The zero-order valence-electron chi connectivity index (χ0n) is 10.7. The van der Waals surface area contributed by atoms with Crippen LogP contribution in [0.3, 0.4) is 0 Å². The van der Waals surface area contributed by atoms with Gasteiger partial charge in [0.1, 0.15) is 18.4 Å². The number of nitrogens with two attached hydrogens (primary N) is 1. The number of benzene rings is 1. The van der Waals surface area contributed by atoms with Gasteiger partial charge in [-0.2, -0.15) is 5.26 Å². The highest BCUT2D eigenvalue weighted by molar-refractivity contribution is 7.89. The highest BCUT2D eigenvalue weighted by Crippen LogP contribution is 2.21. The predicted molar refractivity (Wildman–Crippen MR) is 71.1 cm³/mol. The molecule has 1 aromatic heterocycles. The first-order valence-electron chi connectivity index (χ1n) is 5.70. The van der Waals surface area contributed by atoms with E-state index < -0.39 is 15.8 Å². The molecule has 0 aliphatic heterocycles. The standard InChI is InChI=1S/C13H10FN3O3S/c14-12-6-11(21(16,18)19)1-2-13(12)20-8-9-3-4-17-10(5-9)7-15/h1-6H,8H2,(H2,16,18,19). The lowest BCUT2D eigenvalue weighted by molar-refractivity contribution is 0.289. The van der Waals surface area contributed by atoms with Crippen molar-refractivity contribution in [3.63, 3.8) is 0 Å². The predicted octanol–water partition coefficient (Wildman–Crippen LogP) is 1.32. The van der Waals surface area contributed by atoms with Crippen LogP contribution in [-0.2, 0) is 16.6 Å². The van der Waals surface area contributed by atoms with Crippen LogP contribution in [0.5, 0.6) is 5.75 Å². The first-order chi connectivity index (χ1) is 9.90. The summed E-state index contributed by atoms with van der Waals surface area (Å²) in [7, 11) is -3.96. The van der Waals surface area contributed by atoms with E-state index in [0.717, 1.165) is 12.1 Å². The molecule has 0 atom stereocenters. The Hall–Kier alpha value is -2.50. The maximum absolute atomic E-state index is 13.7. The van der Waals surface area contributed by atoms with Crippen molar-refractivity contribution in [2.75, 3.05) is 0 Å². The van der Waals surface area contributed by atoms with E-state index in [9.17, 15) is 12.8 Å². The van der Waals surface area contributed by atoms with Crippen LogP contribution in [0.4, 0.5) is 4.39 Å². The fourth-order valence-corrected chi connectivity index (χ4v) is 2.09. The van der Waals surface area contributed by atoms with E-state index in [2.05, 4.69) is 4.98 Å². The van der Waals surface area contributed by atoms with Gasteiger partial charge < -0.3 is 4.74 Å². The second kappa shape index (κ2) is 5.87. The normalized spacial score (nSPS) is 10.9. The summed E-state index contributed by atoms with van der Waals surface area (Å²) in [6.07, 6.45) is 1.44. The molecule has 0 fully saturated rings. The Balaban J connectivity index is 2.15. The maximum Gasteiger partial charge on any atom is 0.238 e. The molecule has 0 aliphatic carbocycles. The molecule has 1 heterocycles. The van der Waals surface area contributed by atoms with Gasteiger partial charge in [0.2, 0.25) is 10.0 Å². The molecule has 2 rings (SSSR count). The van der Waals surface area contributed by atoms with E-state index in [0.29, 0.717) is 5.56 Å². The Morgan fingerprint density at radius 3 is 2.71 bits per heavy atom. The summed E-state index contributed by atoms with van der Waals surface area (Å²) in [6, 6.07) is 8.14. The number of hydrogen-bond acceptors (Lipinski definition) is 5. The Morgan fingerprint density at radius 2 is 2.10 bits per heavy atom. The Bertz CT molecular complexity index is 816. The molecule has 108 valence electrons. The van der Waals surface area contributed by atoms with Crippen LogP contribution in [0.1, 0.15) is 11.3 Å². The van der Waals surface area contributed by atoms with Gasteiger partial charge in [0.15, 0.2) is 11.6 Å². The number of sulfonamides is 1. The minimum absolute atomic E-state index is 0.0167. The van der Waals surface area contributed by atoms with Gasteiger partial charge in [0.05, 0.1) is 4.90 Å². The first kappa shape index (κ1) is 14.9. The second-order valence-corrected chi connectivity index (χ2v) is 5.65. The molecule has 0 spiro atoms. The molecule has 0 saturated carbocycles. The van der Waals surface area contributed by atoms with Crippen molar-refractivity contribution in [1.29, 1.82) is 5.26 Å². The number of aromatic nitrogens is 1. The molecular formula is C13H10FN3O3S. The van der Waals surface area contributed by atoms with Gasteiger partial charge in [-0.25, -0.2) is 22.9 Å². The van der Waals surface area contributed by atoms with Crippen LogP contribution in [0.2, 0.25) is 0 Å². The number of ether oxygens (including phenoxy) is 1. The van der Waals surface area contributed by atoms with E-state index in [-0.39, 0.29) is 22.9 Å². The van der Waals surface area contributed by atoms with Crippen LogP contribution in [0.25, 0.3) is 0 Å². The fourth-order valence-electron chi connectivity index (χ4n) is 1.56. The summed E-state index contributed by atoms with van der Waals surface area (Å²) in [6.45, 7) is 0.0167. The van der Waals surface area contributed by atoms with E-state index in [1.807, 2.05) is 6.07 Å². The van der Waals surface area contributed by atoms with Crippen molar-refractivity contribution in [3.8, 4) is 11.8 Å². The van der Waals surface area contributed by atoms with Gasteiger partial charge in [0, 0.05) is 6.20 Å². The molecule has 8 heteroatoms. The lowest BCUT2D eigenvalue weighted by Gasteiger charge is -2.08. The van der Waals surface area contributed by atoms with Crippen molar-refractivity contribution in [2.24, 2.45) is 5.14 Å². The van der Waals surface area contributed by atoms with Crippen molar-refractivity contribution in [3.05, 3.63) is 53.6 Å². The monoisotopic (exact) mass is 307 g/mol. The van der Waals surface area contributed by atoms with Crippen LogP contribution < -0.4 is 9.88 Å². The third-order valence-corrected chi connectivity index (χ3v) is 3.48. The summed E-state index contributed by atoms with van der Waals surface area (Å²) < 4.78 is 41.1. The molecule has 0 unspecified atom stereocenters. The summed E-state index contributed by atoms with van der Waals surface area (Å²) in [5.41, 5.74) is 0.859. The topological polar surface area (TPSA) is 106 Å². The molecule has 2 N–H and O–H groups in total. The molecule has 6 nitrogen and oxygen atoms in total. The van der Waals surface area contributed by atoms with Gasteiger partial charge in [-0.15, -0.1) is 0 Å². The SMILES string of the molecule is N#Cc1cc(COc2ccc(S(N)(=O)=O)cc2F)ccn1. The number of nitrogens with zero attached hydrogens (tertiary/aromatic N) is 2. The van der Waals surface area contributed by atoms with Crippen molar-refractivity contribution < 1.29 is 17.5 Å². The van der Waals surface area contributed by atoms with Crippen molar-refractivity contribution in [1.82, 2.24) is 4.98 Å². The third kappa shape index (κ3) is 3.75. The lowest BCUT2D eigenvalue weighted by Crippen LogP contribution is -2.12. The lowest BCUT2D eigenvalue weighted by atomic mass is 10.2. The molecule has 1 aromatic carbocycles. The van der Waals surface area contributed by atoms with E-state index in [1.165, 1.54) is 18.3 Å². The van der Waals surface area contributed by atoms with Crippen molar-refractivity contribution in [2.45, 2.75) is 11.5 Å². The zero-order valence-corrected chi connectivity index (χ0v) is 11.5. The number of pyridine rings is 1. The smallest absolute Gasteiger partial charge is 0.238 e. The Morgan fingerprint density at radius 1 is 1.33 bits per heavy atom. The van der Waals surface area contributed by atoms with Crippen LogP contribution >= 0.6 is 0 Å². The zero-order chi connectivity index (χ0) is 15.5. The van der Waals surface area contributed by atoms with Gasteiger partial charge in [-0.1, -0.05) is 0 Å². The summed E-state index contributed by atoms with van der Waals surface area (Å²) in [4.78, 5) is 3.47. The highest BCUT2D eigenvalue weighted by Gasteiger charge is 2.12. The van der Waals surface area contributed by atoms with Crippen LogP contribution in [0, 0.1) is 17.1 Å². The molecule has 21 heavy (non-hydrogen) atoms. The Kier molecular flexibility index (Phi) is 4.16.